The first-order valence-corrected chi connectivity index (χ1v) is 12.5. The molecule has 0 radical (unpaired) electrons. The Morgan fingerprint density at radius 1 is 1.16 bits per heavy atom. The zero-order valence-electron chi connectivity index (χ0n) is 17.2. The largest absolute Gasteiger partial charge is 0.348 e. The van der Waals surface area contributed by atoms with Gasteiger partial charge >= 0.3 is 0 Å². The molecule has 0 bridgehead atoms. The van der Waals surface area contributed by atoms with Crippen LogP contribution in [-0.4, -0.2) is 32.3 Å². The van der Waals surface area contributed by atoms with E-state index in [0.717, 1.165) is 18.5 Å². The van der Waals surface area contributed by atoms with Gasteiger partial charge in [-0.15, -0.1) is 11.3 Å². The van der Waals surface area contributed by atoms with E-state index in [1.807, 2.05) is 25.1 Å². The number of nitrogens with two attached hydrogens (primary N) is 1. The Labute approximate surface area is 186 Å². The second kappa shape index (κ2) is 8.92. The van der Waals surface area contributed by atoms with Crippen molar-refractivity contribution in [2.75, 3.05) is 13.1 Å². The molecule has 3 N–H and O–H groups in total. The number of hydrogen-bond donors (Lipinski definition) is 2. The maximum Gasteiger partial charge on any atom is 0.238 e. The summed E-state index contributed by atoms with van der Waals surface area (Å²) in [5, 5.41) is 10.3. The number of thiophene rings is 1. The smallest absolute Gasteiger partial charge is 0.238 e. The van der Waals surface area contributed by atoms with Gasteiger partial charge < -0.3 is 5.32 Å². The highest BCUT2D eigenvalue weighted by atomic mass is 32.2. The minimum atomic E-state index is -3.73. The van der Waals surface area contributed by atoms with Crippen LogP contribution in [0.1, 0.15) is 40.6 Å². The Bertz CT molecular complexity index is 1160. The maximum atomic E-state index is 12.9. The van der Waals surface area contributed by atoms with Crippen molar-refractivity contribution in [3.63, 3.8) is 0 Å². The van der Waals surface area contributed by atoms with Crippen molar-refractivity contribution in [2.24, 2.45) is 5.14 Å². The number of fused-ring (bicyclic) bond motifs is 1. The van der Waals surface area contributed by atoms with E-state index in [9.17, 15) is 13.2 Å². The number of carbonyl (C=O) groups is 1. The predicted molar refractivity (Wildman–Crippen MR) is 122 cm³/mol. The van der Waals surface area contributed by atoms with Crippen molar-refractivity contribution in [1.29, 1.82) is 0 Å². The molecule has 0 saturated heterocycles. The summed E-state index contributed by atoms with van der Waals surface area (Å²) < 4.78 is 22.9. The normalized spacial score (nSPS) is 17.7. The molecule has 31 heavy (non-hydrogen) atoms. The highest BCUT2D eigenvalue weighted by Crippen LogP contribution is 2.37. The molecular formula is C23H25N3O3S2. The van der Waals surface area contributed by atoms with Crippen LogP contribution in [0.4, 0.5) is 0 Å². The van der Waals surface area contributed by atoms with E-state index in [1.165, 1.54) is 28.1 Å². The lowest BCUT2D eigenvalue weighted by Crippen LogP contribution is -2.43. The second-order valence-electron chi connectivity index (χ2n) is 7.74. The van der Waals surface area contributed by atoms with Crippen molar-refractivity contribution in [3.05, 3.63) is 87.6 Å². The van der Waals surface area contributed by atoms with E-state index in [2.05, 4.69) is 33.8 Å². The SMILES string of the molecule is C[C@H](NC(=O)CN1CCc2sccc2[C@@H]1c1ccccc1)c1ccc(S(N)(=O)=O)cc1. The summed E-state index contributed by atoms with van der Waals surface area (Å²) in [6.45, 7) is 2.98. The fourth-order valence-corrected chi connectivity index (χ4v) is 5.48. The molecule has 0 aliphatic carbocycles. The van der Waals surface area contributed by atoms with Gasteiger partial charge in [0.1, 0.15) is 0 Å². The average Bonchev–Trinajstić information content (AvgIpc) is 3.22. The predicted octanol–water partition coefficient (Wildman–Crippen LogP) is 3.22. The number of primary sulfonamides is 1. The summed E-state index contributed by atoms with van der Waals surface area (Å²) in [7, 11) is -3.73. The topological polar surface area (TPSA) is 92.5 Å². The van der Waals surface area contributed by atoms with Gasteiger partial charge in [-0.3, -0.25) is 9.69 Å². The van der Waals surface area contributed by atoms with Gasteiger partial charge in [0.25, 0.3) is 0 Å². The summed E-state index contributed by atoms with van der Waals surface area (Å²) in [4.78, 5) is 16.5. The van der Waals surface area contributed by atoms with Crippen LogP contribution in [0.2, 0.25) is 0 Å². The summed E-state index contributed by atoms with van der Waals surface area (Å²) in [5.74, 6) is -0.0670. The molecule has 2 heterocycles. The number of nitrogens with one attached hydrogen (secondary N) is 1. The van der Waals surface area contributed by atoms with Gasteiger partial charge in [-0.25, -0.2) is 13.6 Å². The minimum Gasteiger partial charge on any atom is -0.348 e. The van der Waals surface area contributed by atoms with Gasteiger partial charge in [0.05, 0.1) is 23.5 Å². The first-order chi connectivity index (χ1) is 14.8. The molecule has 0 fully saturated rings. The third-order valence-corrected chi connectivity index (χ3v) is 7.54. The van der Waals surface area contributed by atoms with Crippen LogP contribution >= 0.6 is 11.3 Å². The number of carbonyl (C=O) groups excluding carboxylic acids is 1. The molecule has 8 heteroatoms. The van der Waals surface area contributed by atoms with Gasteiger partial charge in [0, 0.05) is 11.4 Å². The van der Waals surface area contributed by atoms with Crippen LogP contribution in [-0.2, 0) is 21.2 Å². The van der Waals surface area contributed by atoms with Crippen molar-refractivity contribution >= 4 is 27.3 Å². The van der Waals surface area contributed by atoms with E-state index in [0.29, 0.717) is 0 Å². The molecule has 3 aromatic rings. The Morgan fingerprint density at radius 3 is 2.55 bits per heavy atom. The quantitative estimate of drug-likeness (QED) is 0.597. The third-order valence-electron chi connectivity index (χ3n) is 5.61. The van der Waals surface area contributed by atoms with Crippen LogP contribution in [0, 0.1) is 0 Å². The second-order valence-corrected chi connectivity index (χ2v) is 10.3. The lowest BCUT2D eigenvalue weighted by atomic mass is 9.93. The molecule has 0 spiro atoms. The van der Waals surface area contributed by atoms with E-state index in [1.54, 1.807) is 23.5 Å². The Kier molecular flexibility index (Phi) is 6.24. The number of hydrogen-bond acceptors (Lipinski definition) is 5. The standard InChI is InChI=1S/C23H25N3O3S2/c1-16(17-7-9-19(10-8-17)31(24,28)29)25-22(27)15-26-13-11-21-20(12-14-30-21)23(26)18-5-3-2-4-6-18/h2-10,12,14,16,23H,11,13,15H2,1H3,(H,25,27)(H2,24,28,29)/t16-,23-/m0/s1. The molecule has 2 atom stereocenters. The van der Waals surface area contributed by atoms with E-state index in [-0.39, 0.29) is 29.4 Å². The minimum absolute atomic E-state index is 0.0559. The molecule has 6 nitrogen and oxygen atoms in total. The number of rotatable bonds is 6. The number of nitrogens with zero attached hydrogens (tertiary/aromatic N) is 1. The number of sulfonamides is 1. The van der Waals surface area contributed by atoms with Gasteiger partial charge in [-0.05, 0) is 53.6 Å². The fraction of sp³-hybridized carbons (Fsp3) is 0.261. The molecule has 1 aromatic heterocycles. The van der Waals surface area contributed by atoms with Gasteiger partial charge in [-0.2, -0.15) is 0 Å². The molecule has 4 rings (SSSR count). The molecule has 0 saturated carbocycles. The van der Waals surface area contributed by atoms with Crippen LogP contribution in [0.3, 0.4) is 0 Å². The van der Waals surface area contributed by atoms with Crippen molar-refractivity contribution in [1.82, 2.24) is 10.2 Å². The summed E-state index contributed by atoms with van der Waals surface area (Å²) in [5.41, 5.74) is 3.28. The molecule has 1 amide bonds. The van der Waals surface area contributed by atoms with Gasteiger partial charge in [-0.1, -0.05) is 42.5 Å². The van der Waals surface area contributed by atoms with E-state index < -0.39 is 10.0 Å². The molecule has 1 aliphatic rings. The van der Waals surface area contributed by atoms with E-state index in [4.69, 9.17) is 5.14 Å². The number of amides is 1. The third kappa shape index (κ3) is 4.88. The molecular weight excluding hydrogens is 430 g/mol. The summed E-state index contributed by atoms with van der Waals surface area (Å²) in [6, 6.07) is 18.5. The van der Waals surface area contributed by atoms with Crippen LogP contribution < -0.4 is 10.5 Å². The van der Waals surface area contributed by atoms with E-state index >= 15 is 0 Å². The number of benzene rings is 2. The highest BCUT2D eigenvalue weighted by Gasteiger charge is 2.30. The Balaban J connectivity index is 1.47. The fourth-order valence-electron chi connectivity index (χ4n) is 4.07. The van der Waals surface area contributed by atoms with Crippen LogP contribution in [0.25, 0.3) is 0 Å². The monoisotopic (exact) mass is 455 g/mol. The van der Waals surface area contributed by atoms with Crippen molar-refractivity contribution < 1.29 is 13.2 Å². The molecule has 2 aromatic carbocycles. The molecule has 0 unspecified atom stereocenters. The zero-order chi connectivity index (χ0) is 22.0. The first kappa shape index (κ1) is 21.7. The first-order valence-electron chi connectivity index (χ1n) is 10.1. The van der Waals surface area contributed by atoms with Crippen LogP contribution in [0.5, 0.6) is 0 Å². The summed E-state index contributed by atoms with van der Waals surface area (Å²) >= 11 is 1.78. The van der Waals surface area contributed by atoms with Crippen LogP contribution in [0.15, 0.2) is 70.9 Å². The maximum absolute atomic E-state index is 12.9. The molecule has 162 valence electrons. The average molecular weight is 456 g/mol. The van der Waals surface area contributed by atoms with Gasteiger partial charge in [0.15, 0.2) is 0 Å². The lowest BCUT2D eigenvalue weighted by molar-refractivity contribution is -0.123. The highest BCUT2D eigenvalue weighted by molar-refractivity contribution is 7.89. The lowest BCUT2D eigenvalue weighted by Gasteiger charge is -2.36. The van der Waals surface area contributed by atoms with Crippen molar-refractivity contribution in [2.45, 2.75) is 30.3 Å². The molecule has 1 aliphatic heterocycles. The van der Waals surface area contributed by atoms with Gasteiger partial charge in [0.2, 0.25) is 15.9 Å². The Morgan fingerprint density at radius 2 is 1.87 bits per heavy atom. The Hall–Kier alpha value is -2.52. The summed E-state index contributed by atoms with van der Waals surface area (Å²) in [6.07, 6.45) is 0.939. The zero-order valence-corrected chi connectivity index (χ0v) is 18.8. The van der Waals surface area contributed by atoms with Crippen molar-refractivity contribution in [3.8, 4) is 0 Å².